The van der Waals surface area contributed by atoms with E-state index < -0.39 is 6.61 Å². The van der Waals surface area contributed by atoms with Crippen LogP contribution in [0.4, 0.5) is 5.13 Å². The average molecular weight is 241 g/mol. The van der Waals surface area contributed by atoms with Crippen LogP contribution in [-0.4, -0.2) is 53.7 Å². The van der Waals surface area contributed by atoms with Crippen molar-refractivity contribution >= 4 is 22.4 Å². The fourth-order valence-corrected chi connectivity index (χ4v) is 2.55. The van der Waals surface area contributed by atoms with E-state index in [1.165, 1.54) is 4.88 Å². The number of aliphatic hydroxyl groups is 1. The van der Waals surface area contributed by atoms with Crippen molar-refractivity contribution < 1.29 is 9.90 Å². The lowest BCUT2D eigenvalue weighted by atomic mass is 10.3. The van der Waals surface area contributed by atoms with E-state index in [-0.39, 0.29) is 5.91 Å². The molecule has 0 aliphatic carbocycles. The molecule has 0 spiro atoms. The molecule has 16 heavy (non-hydrogen) atoms. The first-order valence-electron chi connectivity index (χ1n) is 5.26. The highest BCUT2D eigenvalue weighted by molar-refractivity contribution is 7.15. The molecule has 2 rings (SSSR count). The van der Waals surface area contributed by atoms with Gasteiger partial charge in [-0.05, 0) is 6.92 Å². The van der Waals surface area contributed by atoms with Crippen LogP contribution < -0.4 is 4.90 Å². The predicted molar refractivity (Wildman–Crippen MR) is 62.7 cm³/mol. The average Bonchev–Trinajstić information content (AvgIpc) is 2.75. The Kier molecular flexibility index (Phi) is 3.40. The summed E-state index contributed by atoms with van der Waals surface area (Å²) in [5, 5.41) is 9.78. The number of aromatic nitrogens is 1. The lowest BCUT2D eigenvalue weighted by Gasteiger charge is -2.34. The number of hydrogen-bond donors (Lipinski definition) is 1. The van der Waals surface area contributed by atoms with E-state index >= 15 is 0 Å². The maximum atomic E-state index is 11.3. The molecule has 0 unspecified atom stereocenters. The number of piperazine rings is 1. The molecule has 1 aromatic rings. The SMILES string of the molecule is Cc1cnc(N2CCN(C(=O)CO)CC2)s1. The van der Waals surface area contributed by atoms with Crippen molar-refractivity contribution in [3.05, 3.63) is 11.1 Å². The molecule has 88 valence electrons. The molecule has 1 aliphatic rings. The Hall–Kier alpha value is -1.14. The van der Waals surface area contributed by atoms with Crippen LogP contribution in [0, 0.1) is 6.92 Å². The molecule has 0 radical (unpaired) electrons. The van der Waals surface area contributed by atoms with Gasteiger partial charge >= 0.3 is 0 Å². The zero-order chi connectivity index (χ0) is 11.5. The molecule has 0 aromatic carbocycles. The molecule has 1 saturated heterocycles. The van der Waals surface area contributed by atoms with Gasteiger partial charge in [-0.2, -0.15) is 0 Å². The van der Waals surface area contributed by atoms with Gasteiger partial charge in [-0.3, -0.25) is 4.79 Å². The van der Waals surface area contributed by atoms with Crippen molar-refractivity contribution in [3.8, 4) is 0 Å². The third-order valence-corrected chi connectivity index (χ3v) is 3.62. The molecule has 5 nitrogen and oxygen atoms in total. The van der Waals surface area contributed by atoms with E-state index in [0.29, 0.717) is 13.1 Å². The van der Waals surface area contributed by atoms with Crippen LogP contribution in [0.25, 0.3) is 0 Å². The van der Waals surface area contributed by atoms with E-state index in [0.717, 1.165) is 18.2 Å². The monoisotopic (exact) mass is 241 g/mol. The Labute approximate surface area is 98.3 Å². The summed E-state index contributed by atoms with van der Waals surface area (Å²) in [5.74, 6) is -0.185. The standard InChI is InChI=1S/C10H15N3O2S/c1-8-6-11-10(16-8)13-4-2-12(3-5-13)9(15)7-14/h6,14H,2-5,7H2,1H3. The van der Waals surface area contributed by atoms with E-state index in [1.807, 2.05) is 13.1 Å². The van der Waals surface area contributed by atoms with Gasteiger partial charge in [0.2, 0.25) is 5.91 Å². The van der Waals surface area contributed by atoms with Gasteiger partial charge < -0.3 is 14.9 Å². The number of rotatable bonds is 2. The molecule has 1 aromatic heterocycles. The van der Waals surface area contributed by atoms with Crippen molar-refractivity contribution in [2.75, 3.05) is 37.7 Å². The quantitative estimate of drug-likeness (QED) is 0.797. The molecule has 6 heteroatoms. The maximum absolute atomic E-state index is 11.3. The minimum absolute atomic E-state index is 0.185. The summed E-state index contributed by atoms with van der Waals surface area (Å²) >= 11 is 1.67. The van der Waals surface area contributed by atoms with Crippen LogP contribution in [0.3, 0.4) is 0 Å². The topological polar surface area (TPSA) is 56.7 Å². The Morgan fingerprint density at radius 1 is 1.50 bits per heavy atom. The highest BCUT2D eigenvalue weighted by Crippen LogP contribution is 2.22. The molecular weight excluding hydrogens is 226 g/mol. The van der Waals surface area contributed by atoms with Crippen LogP contribution in [-0.2, 0) is 4.79 Å². The zero-order valence-corrected chi connectivity index (χ0v) is 10.0. The van der Waals surface area contributed by atoms with E-state index in [4.69, 9.17) is 5.11 Å². The molecular formula is C10H15N3O2S. The Morgan fingerprint density at radius 2 is 2.19 bits per heavy atom. The Bertz CT molecular complexity index is 372. The number of aliphatic hydroxyl groups excluding tert-OH is 1. The third-order valence-electron chi connectivity index (χ3n) is 2.65. The van der Waals surface area contributed by atoms with Crippen molar-refractivity contribution in [3.63, 3.8) is 0 Å². The van der Waals surface area contributed by atoms with Gasteiger partial charge in [0.1, 0.15) is 6.61 Å². The van der Waals surface area contributed by atoms with E-state index in [9.17, 15) is 4.79 Å². The second-order valence-electron chi connectivity index (χ2n) is 3.78. The van der Waals surface area contributed by atoms with Crippen molar-refractivity contribution in [1.29, 1.82) is 0 Å². The van der Waals surface area contributed by atoms with Gasteiger partial charge in [0.05, 0.1) is 0 Å². The van der Waals surface area contributed by atoms with Crippen LogP contribution in [0.5, 0.6) is 0 Å². The molecule has 1 amide bonds. The summed E-state index contributed by atoms with van der Waals surface area (Å²) < 4.78 is 0. The van der Waals surface area contributed by atoms with Crippen molar-refractivity contribution in [2.45, 2.75) is 6.92 Å². The van der Waals surface area contributed by atoms with Gasteiger partial charge in [0, 0.05) is 37.3 Å². The summed E-state index contributed by atoms with van der Waals surface area (Å²) in [4.78, 5) is 20.6. The zero-order valence-electron chi connectivity index (χ0n) is 9.22. The summed E-state index contributed by atoms with van der Waals surface area (Å²) in [6, 6.07) is 0. The van der Waals surface area contributed by atoms with Crippen LogP contribution >= 0.6 is 11.3 Å². The third kappa shape index (κ3) is 2.33. The summed E-state index contributed by atoms with van der Waals surface area (Å²) in [6.45, 7) is 4.55. The summed E-state index contributed by atoms with van der Waals surface area (Å²) in [7, 11) is 0. The highest BCUT2D eigenvalue weighted by Gasteiger charge is 2.21. The maximum Gasteiger partial charge on any atom is 0.248 e. The highest BCUT2D eigenvalue weighted by atomic mass is 32.1. The minimum Gasteiger partial charge on any atom is -0.387 e. The lowest BCUT2D eigenvalue weighted by Crippen LogP contribution is -2.49. The first-order valence-corrected chi connectivity index (χ1v) is 6.08. The van der Waals surface area contributed by atoms with E-state index in [1.54, 1.807) is 16.2 Å². The smallest absolute Gasteiger partial charge is 0.248 e. The first kappa shape index (κ1) is 11.3. The lowest BCUT2D eigenvalue weighted by molar-refractivity contribution is -0.134. The number of anilines is 1. The van der Waals surface area contributed by atoms with E-state index in [2.05, 4.69) is 9.88 Å². The van der Waals surface area contributed by atoms with Crippen LogP contribution in [0.1, 0.15) is 4.88 Å². The second kappa shape index (κ2) is 4.80. The largest absolute Gasteiger partial charge is 0.387 e. The van der Waals surface area contributed by atoms with Crippen LogP contribution in [0.15, 0.2) is 6.20 Å². The number of hydrogen-bond acceptors (Lipinski definition) is 5. The molecule has 1 fully saturated rings. The number of aryl methyl sites for hydroxylation is 1. The Balaban J connectivity index is 1.92. The molecule has 0 atom stereocenters. The number of amides is 1. The first-order chi connectivity index (χ1) is 7.70. The van der Waals surface area contributed by atoms with Crippen molar-refractivity contribution in [1.82, 2.24) is 9.88 Å². The molecule has 0 bridgehead atoms. The molecule has 0 saturated carbocycles. The number of thiazole rings is 1. The van der Waals surface area contributed by atoms with Crippen LogP contribution in [0.2, 0.25) is 0 Å². The summed E-state index contributed by atoms with van der Waals surface area (Å²) in [5.41, 5.74) is 0. The molecule has 1 N–H and O–H groups in total. The van der Waals surface area contributed by atoms with Gasteiger partial charge in [0.25, 0.3) is 0 Å². The van der Waals surface area contributed by atoms with Crippen molar-refractivity contribution in [2.24, 2.45) is 0 Å². The Morgan fingerprint density at radius 3 is 2.69 bits per heavy atom. The fraction of sp³-hybridized carbons (Fsp3) is 0.600. The number of nitrogens with zero attached hydrogens (tertiary/aromatic N) is 3. The second-order valence-corrected chi connectivity index (χ2v) is 4.99. The normalized spacial score (nSPS) is 16.6. The number of carbonyl (C=O) groups is 1. The van der Waals surface area contributed by atoms with Gasteiger partial charge in [-0.25, -0.2) is 4.98 Å². The molecule has 2 heterocycles. The molecule has 1 aliphatic heterocycles. The predicted octanol–water partition coefficient (Wildman–Crippen LogP) is 0.0924. The fourth-order valence-electron chi connectivity index (χ4n) is 1.74. The summed E-state index contributed by atoms with van der Waals surface area (Å²) in [6.07, 6.45) is 1.87. The van der Waals surface area contributed by atoms with Gasteiger partial charge in [0.15, 0.2) is 5.13 Å². The van der Waals surface area contributed by atoms with Gasteiger partial charge in [-0.15, -0.1) is 11.3 Å². The minimum atomic E-state index is -0.392. The van der Waals surface area contributed by atoms with Gasteiger partial charge in [-0.1, -0.05) is 0 Å². The number of carbonyl (C=O) groups excluding carboxylic acids is 1.